The van der Waals surface area contributed by atoms with E-state index in [0.29, 0.717) is 11.8 Å². The predicted octanol–water partition coefficient (Wildman–Crippen LogP) is 3.07. The lowest BCUT2D eigenvalue weighted by molar-refractivity contribution is 0.0921. The Morgan fingerprint density at radius 2 is 1.29 bits per heavy atom. The quantitative estimate of drug-likeness (QED) is 0.687. The van der Waals surface area contributed by atoms with Gasteiger partial charge in [0.2, 0.25) is 0 Å². The second-order valence-corrected chi connectivity index (χ2v) is 6.98. The zero-order valence-electron chi connectivity index (χ0n) is 14.5. The maximum atomic E-state index is 12.3. The van der Waals surface area contributed by atoms with Gasteiger partial charge in [-0.05, 0) is 24.0 Å². The number of nitrogens with zero attached hydrogens (tertiary/aromatic N) is 1. The summed E-state index contributed by atoms with van der Waals surface area (Å²) in [6.45, 7) is 7.90. The second-order valence-electron chi connectivity index (χ2n) is 6.36. The summed E-state index contributed by atoms with van der Waals surface area (Å²) in [5.74, 6) is 0.343. The molecule has 2 N–H and O–H groups in total. The molecule has 0 aliphatic heterocycles. The van der Waals surface area contributed by atoms with Gasteiger partial charge in [0, 0.05) is 23.8 Å². The highest BCUT2D eigenvalue weighted by molar-refractivity contribution is 6.18. The average Bonchev–Trinajstić information content (AvgIpc) is 2.56. The van der Waals surface area contributed by atoms with Gasteiger partial charge in [-0.1, -0.05) is 33.8 Å². The Bertz CT molecular complexity index is 519. The molecule has 0 fully saturated rings. The molecule has 7 heteroatoms. The summed E-state index contributed by atoms with van der Waals surface area (Å²) in [6, 6.07) is 4.46. The third kappa shape index (κ3) is 5.95. The van der Waals surface area contributed by atoms with Gasteiger partial charge in [0.15, 0.2) is 0 Å². The molecule has 0 radical (unpaired) electrons. The summed E-state index contributed by atoms with van der Waals surface area (Å²) in [4.78, 5) is 28.7. The molecule has 0 aliphatic carbocycles. The normalized spacial score (nSPS) is 13.7. The molecular formula is C17H25Cl2N3O2. The van der Waals surface area contributed by atoms with Gasteiger partial charge in [0.25, 0.3) is 11.8 Å². The molecule has 0 aliphatic rings. The molecule has 0 aromatic carbocycles. The molecule has 1 aromatic rings. The fourth-order valence-corrected chi connectivity index (χ4v) is 2.81. The number of rotatable bonds is 8. The number of hydrogen-bond acceptors (Lipinski definition) is 3. The highest BCUT2D eigenvalue weighted by Crippen LogP contribution is 2.08. The topological polar surface area (TPSA) is 71.1 Å². The van der Waals surface area contributed by atoms with Crippen LogP contribution in [0.3, 0.4) is 0 Å². The van der Waals surface area contributed by atoms with Gasteiger partial charge in [-0.3, -0.25) is 9.59 Å². The van der Waals surface area contributed by atoms with Crippen molar-refractivity contribution in [1.29, 1.82) is 0 Å². The highest BCUT2D eigenvalue weighted by Gasteiger charge is 2.20. The van der Waals surface area contributed by atoms with E-state index in [9.17, 15) is 9.59 Å². The fourth-order valence-electron chi connectivity index (χ4n) is 1.94. The summed E-state index contributed by atoms with van der Waals surface area (Å²) < 4.78 is 0. The van der Waals surface area contributed by atoms with E-state index >= 15 is 0 Å². The number of carbonyl (C=O) groups is 2. The Kier molecular flexibility index (Phi) is 8.50. The number of amides is 2. The van der Waals surface area contributed by atoms with Crippen LogP contribution in [0.2, 0.25) is 0 Å². The van der Waals surface area contributed by atoms with E-state index in [1.807, 2.05) is 27.7 Å². The molecule has 0 bridgehead atoms. The van der Waals surface area contributed by atoms with Crippen molar-refractivity contribution >= 4 is 35.0 Å². The van der Waals surface area contributed by atoms with E-state index in [1.165, 1.54) is 0 Å². The minimum atomic E-state index is -0.346. The number of hydrogen-bond donors (Lipinski definition) is 2. The summed E-state index contributed by atoms with van der Waals surface area (Å²) in [7, 11) is 0. The second kappa shape index (κ2) is 9.84. The van der Waals surface area contributed by atoms with Crippen LogP contribution in [0.25, 0.3) is 0 Å². The lowest BCUT2D eigenvalue weighted by atomic mass is 10.1. The molecule has 2 amide bonds. The Balaban J connectivity index is 2.86. The predicted molar refractivity (Wildman–Crippen MR) is 97.9 cm³/mol. The monoisotopic (exact) mass is 373 g/mol. The van der Waals surface area contributed by atoms with Gasteiger partial charge >= 0.3 is 0 Å². The van der Waals surface area contributed by atoms with Crippen molar-refractivity contribution in [2.75, 3.05) is 11.8 Å². The number of pyridine rings is 1. The van der Waals surface area contributed by atoms with Crippen LogP contribution in [0.5, 0.6) is 0 Å². The van der Waals surface area contributed by atoms with Crippen LogP contribution in [0.15, 0.2) is 18.2 Å². The van der Waals surface area contributed by atoms with Crippen LogP contribution in [0, 0.1) is 11.8 Å². The molecule has 5 nitrogen and oxygen atoms in total. The SMILES string of the molecule is CC(C)[C@H](CCl)NC(=O)c1cccc(C(=O)N[C@H](CCl)C(C)C)n1. The smallest absolute Gasteiger partial charge is 0.270 e. The zero-order chi connectivity index (χ0) is 18.3. The van der Waals surface area contributed by atoms with Crippen molar-refractivity contribution in [1.82, 2.24) is 15.6 Å². The van der Waals surface area contributed by atoms with Gasteiger partial charge in [-0.25, -0.2) is 4.98 Å². The van der Waals surface area contributed by atoms with Crippen LogP contribution in [0.1, 0.15) is 48.7 Å². The third-order valence-corrected chi connectivity index (χ3v) is 4.45. The Morgan fingerprint density at radius 1 is 0.917 bits per heavy atom. The van der Waals surface area contributed by atoms with E-state index in [1.54, 1.807) is 18.2 Å². The van der Waals surface area contributed by atoms with Crippen LogP contribution in [0.4, 0.5) is 0 Å². The Hall–Kier alpha value is -1.33. The van der Waals surface area contributed by atoms with Crippen molar-refractivity contribution in [3.05, 3.63) is 29.6 Å². The molecule has 0 saturated heterocycles. The van der Waals surface area contributed by atoms with E-state index in [-0.39, 0.29) is 47.1 Å². The first-order valence-corrected chi connectivity index (χ1v) is 9.07. The fraction of sp³-hybridized carbons (Fsp3) is 0.588. The highest BCUT2D eigenvalue weighted by atomic mass is 35.5. The van der Waals surface area contributed by atoms with Crippen molar-refractivity contribution in [2.45, 2.75) is 39.8 Å². The Morgan fingerprint density at radius 3 is 1.58 bits per heavy atom. The molecule has 24 heavy (non-hydrogen) atoms. The molecule has 1 aromatic heterocycles. The molecule has 2 atom stereocenters. The Labute approximate surface area is 153 Å². The molecule has 1 heterocycles. The number of nitrogens with one attached hydrogen (secondary N) is 2. The largest absolute Gasteiger partial charge is 0.347 e. The van der Waals surface area contributed by atoms with E-state index in [0.717, 1.165) is 0 Å². The minimum absolute atomic E-state index is 0.153. The van der Waals surface area contributed by atoms with Crippen molar-refractivity contribution in [2.24, 2.45) is 11.8 Å². The van der Waals surface area contributed by atoms with Crippen molar-refractivity contribution in [3.8, 4) is 0 Å². The third-order valence-electron chi connectivity index (χ3n) is 3.79. The van der Waals surface area contributed by atoms with Crippen LogP contribution >= 0.6 is 23.2 Å². The summed E-state index contributed by atoms with van der Waals surface area (Å²) in [6.07, 6.45) is 0. The van der Waals surface area contributed by atoms with Crippen LogP contribution < -0.4 is 10.6 Å². The number of carbonyl (C=O) groups excluding carboxylic acids is 2. The standard InChI is InChI=1S/C17H25Cl2N3O2/c1-10(2)14(8-18)21-16(23)12-6-5-7-13(20-12)17(24)22-15(9-19)11(3)4/h5-7,10-11,14-15H,8-9H2,1-4H3,(H,21,23)(H,22,24)/t14-,15+. The van der Waals surface area contributed by atoms with Gasteiger partial charge in [0.1, 0.15) is 11.4 Å². The van der Waals surface area contributed by atoms with Crippen LogP contribution in [-0.2, 0) is 0 Å². The number of aromatic nitrogens is 1. The van der Waals surface area contributed by atoms with Gasteiger partial charge < -0.3 is 10.6 Å². The first kappa shape index (κ1) is 20.7. The van der Waals surface area contributed by atoms with E-state index < -0.39 is 0 Å². The number of halogens is 2. The summed E-state index contributed by atoms with van der Waals surface area (Å²) >= 11 is 11.7. The lowest BCUT2D eigenvalue weighted by Gasteiger charge is -2.20. The molecule has 0 unspecified atom stereocenters. The molecule has 134 valence electrons. The minimum Gasteiger partial charge on any atom is -0.347 e. The molecule has 1 rings (SSSR count). The molecular weight excluding hydrogens is 349 g/mol. The maximum absolute atomic E-state index is 12.3. The van der Waals surface area contributed by atoms with E-state index in [4.69, 9.17) is 23.2 Å². The first-order valence-electron chi connectivity index (χ1n) is 8.00. The summed E-state index contributed by atoms with van der Waals surface area (Å²) in [5, 5.41) is 5.67. The van der Waals surface area contributed by atoms with E-state index in [2.05, 4.69) is 15.6 Å². The van der Waals surface area contributed by atoms with Crippen LogP contribution in [-0.4, -0.2) is 40.6 Å². The maximum Gasteiger partial charge on any atom is 0.270 e. The van der Waals surface area contributed by atoms with Gasteiger partial charge in [-0.2, -0.15) is 0 Å². The average molecular weight is 374 g/mol. The van der Waals surface area contributed by atoms with Crippen molar-refractivity contribution in [3.63, 3.8) is 0 Å². The molecule has 0 saturated carbocycles. The summed E-state index contributed by atoms with van der Waals surface area (Å²) in [5.41, 5.74) is 0.371. The van der Waals surface area contributed by atoms with Gasteiger partial charge in [-0.15, -0.1) is 23.2 Å². The number of alkyl halides is 2. The van der Waals surface area contributed by atoms with Gasteiger partial charge in [0.05, 0.1) is 0 Å². The zero-order valence-corrected chi connectivity index (χ0v) is 16.0. The first-order chi connectivity index (χ1) is 11.3. The molecule has 0 spiro atoms. The van der Waals surface area contributed by atoms with Crippen molar-refractivity contribution < 1.29 is 9.59 Å². The lowest BCUT2D eigenvalue weighted by Crippen LogP contribution is -2.41.